The first-order valence-corrected chi connectivity index (χ1v) is 7.45. The minimum atomic E-state index is -0.949. The highest BCUT2D eigenvalue weighted by atomic mass is 79.9. The maximum Gasteiger partial charge on any atom is 0.200 e. The lowest BCUT2D eigenvalue weighted by Crippen LogP contribution is -2.44. The van der Waals surface area contributed by atoms with Gasteiger partial charge in [0, 0.05) is 16.6 Å². The number of hydrogen-bond donors (Lipinski definition) is 1. The summed E-state index contributed by atoms with van der Waals surface area (Å²) >= 11 is 3.14. The fourth-order valence-corrected chi connectivity index (χ4v) is 2.01. The highest BCUT2D eigenvalue weighted by Gasteiger charge is 2.21. The van der Waals surface area contributed by atoms with Crippen molar-refractivity contribution in [2.24, 2.45) is 5.92 Å². The van der Waals surface area contributed by atoms with Crippen LogP contribution in [0, 0.1) is 17.6 Å². The predicted molar refractivity (Wildman–Crippen MR) is 81.1 cm³/mol. The topological polar surface area (TPSA) is 21.3 Å². The lowest BCUT2D eigenvalue weighted by atomic mass is 10.0. The Morgan fingerprint density at radius 2 is 1.85 bits per heavy atom. The zero-order valence-corrected chi connectivity index (χ0v) is 14.1. The van der Waals surface area contributed by atoms with Crippen molar-refractivity contribution in [1.29, 1.82) is 0 Å². The standard InChI is InChI=1S/C15H22BrF2NO/c1-9(2)13(8-19-15(3,4)5)20-12-7-10(16)6-11(17)14(12)18/h6-7,9,13,19H,8H2,1-5H3. The molecule has 5 heteroatoms. The van der Waals surface area contributed by atoms with E-state index in [9.17, 15) is 8.78 Å². The van der Waals surface area contributed by atoms with Crippen molar-refractivity contribution in [3.05, 3.63) is 28.2 Å². The molecule has 0 saturated heterocycles. The van der Waals surface area contributed by atoms with E-state index in [0.29, 0.717) is 11.0 Å². The quantitative estimate of drug-likeness (QED) is 0.789. The Morgan fingerprint density at radius 3 is 2.35 bits per heavy atom. The third kappa shape index (κ3) is 5.37. The summed E-state index contributed by atoms with van der Waals surface area (Å²) in [5.41, 5.74) is -0.0580. The van der Waals surface area contributed by atoms with Crippen molar-refractivity contribution >= 4 is 15.9 Å². The molecule has 0 fully saturated rings. The molecule has 1 atom stereocenters. The van der Waals surface area contributed by atoms with Gasteiger partial charge < -0.3 is 10.1 Å². The highest BCUT2D eigenvalue weighted by Crippen LogP contribution is 2.27. The van der Waals surface area contributed by atoms with Crippen LogP contribution in [-0.4, -0.2) is 18.2 Å². The Balaban J connectivity index is 2.86. The maximum atomic E-state index is 13.7. The van der Waals surface area contributed by atoms with Crippen LogP contribution in [0.25, 0.3) is 0 Å². The third-order valence-electron chi connectivity index (χ3n) is 2.82. The molecule has 0 aliphatic heterocycles. The van der Waals surface area contributed by atoms with Gasteiger partial charge in [0.1, 0.15) is 6.10 Å². The van der Waals surface area contributed by atoms with Gasteiger partial charge in [0.05, 0.1) is 0 Å². The van der Waals surface area contributed by atoms with Gasteiger partial charge in [-0.1, -0.05) is 29.8 Å². The fraction of sp³-hybridized carbons (Fsp3) is 0.600. The molecule has 20 heavy (non-hydrogen) atoms. The van der Waals surface area contributed by atoms with E-state index in [1.807, 2.05) is 34.6 Å². The Kier molecular flexibility index (Phi) is 5.95. The second-order valence-electron chi connectivity index (χ2n) is 6.23. The zero-order chi connectivity index (χ0) is 15.5. The molecule has 2 nitrogen and oxygen atoms in total. The molecule has 0 aliphatic carbocycles. The van der Waals surface area contributed by atoms with Crippen LogP contribution < -0.4 is 10.1 Å². The molecular formula is C15H22BrF2NO. The normalized spacial score (nSPS) is 13.7. The summed E-state index contributed by atoms with van der Waals surface area (Å²) in [7, 11) is 0. The summed E-state index contributed by atoms with van der Waals surface area (Å²) in [5, 5.41) is 3.32. The molecule has 1 aromatic rings. The largest absolute Gasteiger partial charge is 0.486 e. The zero-order valence-electron chi connectivity index (χ0n) is 12.6. The average Bonchev–Trinajstić information content (AvgIpc) is 2.28. The molecular weight excluding hydrogens is 328 g/mol. The lowest BCUT2D eigenvalue weighted by molar-refractivity contribution is 0.133. The van der Waals surface area contributed by atoms with Crippen LogP contribution in [0.2, 0.25) is 0 Å². The van der Waals surface area contributed by atoms with Crippen LogP contribution in [0.1, 0.15) is 34.6 Å². The van der Waals surface area contributed by atoms with Gasteiger partial charge in [0.2, 0.25) is 5.82 Å². The van der Waals surface area contributed by atoms with Crippen molar-refractivity contribution in [1.82, 2.24) is 5.32 Å². The third-order valence-corrected chi connectivity index (χ3v) is 3.27. The number of rotatable bonds is 5. The molecule has 0 radical (unpaired) electrons. The first-order chi connectivity index (χ1) is 9.10. The molecule has 1 rings (SSSR count). The van der Waals surface area contributed by atoms with E-state index in [-0.39, 0.29) is 23.3 Å². The molecule has 0 saturated carbocycles. The van der Waals surface area contributed by atoms with Crippen LogP contribution in [0.3, 0.4) is 0 Å². The summed E-state index contributed by atoms with van der Waals surface area (Å²) in [4.78, 5) is 0. The van der Waals surface area contributed by atoms with Crippen molar-refractivity contribution in [2.45, 2.75) is 46.3 Å². The SMILES string of the molecule is CC(C)C(CNC(C)(C)C)Oc1cc(Br)cc(F)c1F. The van der Waals surface area contributed by atoms with Gasteiger partial charge in [-0.3, -0.25) is 0 Å². The van der Waals surface area contributed by atoms with Gasteiger partial charge in [-0.2, -0.15) is 4.39 Å². The summed E-state index contributed by atoms with van der Waals surface area (Å²) in [6.45, 7) is 10.7. The van der Waals surface area contributed by atoms with Crippen molar-refractivity contribution < 1.29 is 13.5 Å². The van der Waals surface area contributed by atoms with E-state index in [1.165, 1.54) is 6.07 Å². The molecule has 0 spiro atoms. The van der Waals surface area contributed by atoms with E-state index in [0.717, 1.165) is 6.07 Å². The molecule has 1 aromatic carbocycles. The lowest BCUT2D eigenvalue weighted by Gasteiger charge is -2.28. The van der Waals surface area contributed by atoms with Gasteiger partial charge in [-0.25, -0.2) is 4.39 Å². The summed E-state index contributed by atoms with van der Waals surface area (Å²) in [5.74, 6) is -1.76. The van der Waals surface area contributed by atoms with E-state index < -0.39 is 11.6 Å². The molecule has 0 bridgehead atoms. The van der Waals surface area contributed by atoms with Gasteiger partial charge in [-0.05, 0) is 38.8 Å². The molecule has 0 heterocycles. The Morgan fingerprint density at radius 1 is 1.25 bits per heavy atom. The van der Waals surface area contributed by atoms with Crippen molar-refractivity contribution in [3.8, 4) is 5.75 Å². The van der Waals surface area contributed by atoms with Crippen LogP contribution in [0.5, 0.6) is 5.75 Å². The molecule has 0 aromatic heterocycles. The number of halogens is 3. The van der Waals surface area contributed by atoms with E-state index in [4.69, 9.17) is 4.74 Å². The van der Waals surface area contributed by atoms with Crippen molar-refractivity contribution in [2.75, 3.05) is 6.54 Å². The second kappa shape index (κ2) is 6.85. The van der Waals surface area contributed by atoms with Gasteiger partial charge in [-0.15, -0.1) is 0 Å². The first-order valence-electron chi connectivity index (χ1n) is 6.66. The first kappa shape index (κ1) is 17.4. The molecule has 0 aliphatic rings. The van der Waals surface area contributed by atoms with E-state index >= 15 is 0 Å². The summed E-state index contributed by atoms with van der Waals surface area (Å²) in [6.07, 6.45) is -0.238. The van der Waals surface area contributed by atoms with Crippen LogP contribution in [0.15, 0.2) is 16.6 Å². The summed E-state index contributed by atoms with van der Waals surface area (Å²) < 4.78 is 33.2. The maximum absolute atomic E-state index is 13.7. The van der Waals surface area contributed by atoms with Gasteiger partial charge in [0.25, 0.3) is 0 Å². The molecule has 1 unspecified atom stereocenters. The fourth-order valence-electron chi connectivity index (χ4n) is 1.60. The van der Waals surface area contributed by atoms with Gasteiger partial charge >= 0.3 is 0 Å². The predicted octanol–water partition coefficient (Wildman–Crippen LogP) is 4.52. The second-order valence-corrected chi connectivity index (χ2v) is 7.15. The Hall–Kier alpha value is -0.680. The van der Waals surface area contributed by atoms with E-state index in [1.54, 1.807) is 0 Å². The monoisotopic (exact) mass is 349 g/mol. The smallest absolute Gasteiger partial charge is 0.200 e. The van der Waals surface area contributed by atoms with Crippen LogP contribution in [0.4, 0.5) is 8.78 Å². The summed E-state index contributed by atoms with van der Waals surface area (Å²) in [6, 6.07) is 2.53. The number of benzene rings is 1. The number of hydrogen-bond acceptors (Lipinski definition) is 2. The Bertz CT molecular complexity index is 458. The minimum absolute atomic E-state index is 0.0580. The minimum Gasteiger partial charge on any atom is -0.486 e. The van der Waals surface area contributed by atoms with E-state index in [2.05, 4.69) is 21.2 Å². The average molecular weight is 350 g/mol. The van der Waals surface area contributed by atoms with Gasteiger partial charge in [0.15, 0.2) is 11.6 Å². The van der Waals surface area contributed by atoms with Crippen LogP contribution >= 0.6 is 15.9 Å². The van der Waals surface area contributed by atoms with Crippen LogP contribution in [-0.2, 0) is 0 Å². The number of ether oxygens (including phenoxy) is 1. The van der Waals surface area contributed by atoms with Crippen molar-refractivity contribution in [3.63, 3.8) is 0 Å². The molecule has 1 N–H and O–H groups in total. The molecule has 0 amide bonds. The number of nitrogens with one attached hydrogen (secondary N) is 1. The highest BCUT2D eigenvalue weighted by molar-refractivity contribution is 9.10. The Labute approximate surface area is 128 Å². The molecule has 114 valence electrons.